The lowest BCUT2D eigenvalue weighted by Gasteiger charge is -1.99. The number of nitrogens with zero attached hydrogens (tertiary/aromatic N) is 1. The number of anilines is 1. The van der Waals surface area contributed by atoms with Gasteiger partial charge in [-0.2, -0.15) is 0 Å². The van der Waals surface area contributed by atoms with Crippen molar-refractivity contribution in [2.24, 2.45) is 11.8 Å². The lowest BCUT2D eigenvalue weighted by molar-refractivity contribution is -0.117. The normalized spacial score (nSPS) is 20.8. The van der Waals surface area contributed by atoms with Gasteiger partial charge in [0.25, 0.3) is 0 Å². The Balaban J connectivity index is 1.80. The number of nitrogens with one attached hydrogen (secondary N) is 1. The van der Waals surface area contributed by atoms with E-state index in [9.17, 15) is 4.79 Å². The third kappa shape index (κ3) is 2.72. The summed E-state index contributed by atoms with van der Waals surface area (Å²) in [4.78, 5) is 17.5. The predicted octanol–water partition coefficient (Wildman–Crippen LogP) is 4.37. The zero-order valence-electron chi connectivity index (χ0n) is 11.3. The molecule has 20 heavy (non-hydrogen) atoms. The van der Waals surface area contributed by atoms with Gasteiger partial charge in [-0.3, -0.25) is 4.79 Å². The molecular weight excluding hydrogens is 292 g/mol. The van der Waals surface area contributed by atoms with Crippen molar-refractivity contribution in [1.82, 2.24) is 4.98 Å². The highest BCUT2D eigenvalue weighted by Gasteiger charge is 2.39. The molecule has 1 fully saturated rings. The molecule has 0 unspecified atom stereocenters. The molecule has 2 atom stereocenters. The zero-order valence-corrected chi connectivity index (χ0v) is 12.9. The monoisotopic (exact) mass is 306 g/mol. The quantitative estimate of drug-likeness (QED) is 0.915. The minimum Gasteiger partial charge on any atom is -0.302 e. The highest BCUT2D eigenvalue weighted by Crippen LogP contribution is 2.39. The number of carbonyl (C=O) groups excluding carboxylic acids is 1. The molecule has 1 saturated carbocycles. The smallest absolute Gasteiger partial charge is 0.229 e. The summed E-state index contributed by atoms with van der Waals surface area (Å²) in [6, 6.07) is 7.58. The molecule has 1 aliphatic carbocycles. The topological polar surface area (TPSA) is 42.0 Å². The van der Waals surface area contributed by atoms with Crippen LogP contribution in [0, 0.1) is 18.8 Å². The van der Waals surface area contributed by atoms with Crippen LogP contribution in [-0.4, -0.2) is 10.9 Å². The number of hydrogen-bond donors (Lipinski definition) is 1. The lowest BCUT2D eigenvalue weighted by Crippen LogP contribution is -2.14. The Hall–Kier alpha value is -1.39. The highest BCUT2D eigenvalue weighted by molar-refractivity contribution is 7.16. The fraction of sp³-hybridized carbons (Fsp3) is 0.333. The van der Waals surface area contributed by atoms with Crippen molar-refractivity contribution in [3.63, 3.8) is 0 Å². The third-order valence-electron chi connectivity index (χ3n) is 3.59. The van der Waals surface area contributed by atoms with E-state index in [0.717, 1.165) is 22.6 Å². The standard InChI is InChI=1S/C15H15ClN2OS/c1-8-7-12(8)14(19)18-15-17-13(9(2)20-15)10-3-5-11(16)6-4-10/h3-6,8,12H,7H2,1-2H3,(H,17,18,19)/t8-,12+/m0/s1. The summed E-state index contributed by atoms with van der Waals surface area (Å²) in [5, 5.41) is 4.30. The van der Waals surface area contributed by atoms with E-state index in [2.05, 4.69) is 17.2 Å². The van der Waals surface area contributed by atoms with E-state index in [0.29, 0.717) is 16.1 Å². The molecule has 0 bridgehead atoms. The van der Waals surface area contributed by atoms with Crippen molar-refractivity contribution >= 4 is 34.0 Å². The van der Waals surface area contributed by atoms with Gasteiger partial charge >= 0.3 is 0 Å². The summed E-state index contributed by atoms with van der Waals surface area (Å²) in [5.41, 5.74) is 1.93. The van der Waals surface area contributed by atoms with E-state index in [-0.39, 0.29) is 11.8 Å². The Bertz CT molecular complexity index is 650. The van der Waals surface area contributed by atoms with Crippen molar-refractivity contribution in [2.75, 3.05) is 5.32 Å². The average molecular weight is 307 g/mol. The summed E-state index contributed by atoms with van der Waals surface area (Å²) in [5.74, 6) is 0.763. The van der Waals surface area contributed by atoms with Gasteiger partial charge < -0.3 is 5.32 Å². The van der Waals surface area contributed by atoms with Gasteiger partial charge in [0.2, 0.25) is 5.91 Å². The number of hydrogen-bond acceptors (Lipinski definition) is 3. The van der Waals surface area contributed by atoms with Crippen LogP contribution >= 0.6 is 22.9 Å². The highest BCUT2D eigenvalue weighted by atomic mass is 35.5. The maximum Gasteiger partial charge on any atom is 0.229 e. The average Bonchev–Trinajstić information content (AvgIpc) is 3.03. The maximum absolute atomic E-state index is 11.9. The first kappa shape index (κ1) is 13.6. The Labute approximate surface area is 127 Å². The number of aromatic nitrogens is 1. The van der Waals surface area contributed by atoms with Crippen LogP contribution in [0.5, 0.6) is 0 Å². The largest absolute Gasteiger partial charge is 0.302 e. The second-order valence-corrected chi connectivity index (χ2v) is 6.88. The number of carbonyl (C=O) groups is 1. The van der Waals surface area contributed by atoms with Crippen LogP contribution in [0.2, 0.25) is 5.02 Å². The minimum atomic E-state index is 0.0916. The predicted molar refractivity (Wildman–Crippen MR) is 83.2 cm³/mol. The number of thiazole rings is 1. The van der Waals surface area contributed by atoms with E-state index < -0.39 is 0 Å². The van der Waals surface area contributed by atoms with Gasteiger partial charge in [0.1, 0.15) is 0 Å². The SMILES string of the molecule is Cc1sc(NC(=O)[C@@H]2C[C@@H]2C)nc1-c1ccc(Cl)cc1. The van der Waals surface area contributed by atoms with Gasteiger partial charge in [-0.1, -0.05) is 30.7 Å². The molecule has 1 amide bonds. The molecule has 1 aromatic carbocycles. The van der Waals surface area contributed by atoms with Gasteiger partial charge in [-0.05, 0) is 31.4 Å². The second kappa shape index (κ2) is 5.19. The van der Waals surface area contributed by atoms with E-state index in [1.807, 2.05) is 31.2 Å². The van der Waals surface area contributed by atoms with E-state index in [1.54, 1.807) is 0 Å². The van der Waals surface area contributed by atoms with Gasteiger partial charge in [-0.15, -0.1) is 11.3 Å². The molecule has 0 spiro atoms. The van der Waals surface area contributed by atoms with Crippen molar-refractivity contribution < 1.29 is 4.79 Å². The molecule has 0 aliphatic heterocycles. The number of aryl methyl sites for hydroxylation is 1. The molecule has 3 nitrogen and oxygen atoms in total. The van der Waals surface area contributed by atoms with Gasteiger partial charge in [0.15, 0.2) is 5.13 Å². The molecule has 2 aromatic rings. The van der Waals surface area contributed by atoms with E-state index in [4.69, 9.17) is 11.6 Å². The molecule has 0 radical (unpaired) electrons. The van der Waals surface area contributed by atoms with Gasteiger partial charge in [0, 0.05) is 21.4 Å². The molecule has 5 heteroatoms. The molecule has 1 aromatic heterocycles. The summed E-state index contributed by atoms with van der Waals surface area (Å²) in [6.07, 6.45) is 0.986. The lowest BCUT2D eigenvalue weighted by atomic mass is 10.1. The number of benzene rings is 1. The molecule has 1 N–H and O–H groups in total. The first-order chi connectivity index (χ1) is 9.54. The fourth-order valence-corrected chi connectivity index (χ4v) is 3.18. The maximum atomic E-state index is 11.9. The van der Waals surface area contributed by atoms with Crippen LogP contribution in [0.4, 0.5) is 5.13 Å². The summed E-state index contributed by atoms with van der Waals surface area (Å²) in [6.45, 7) is 4.10. The Morgan fingerprint density at radius 2 is 2.05 bits per heavy atom. The van der Waals surface area contributed by atoms with Crippen LogP contribution < -0.4 is 5.32 Å². The Morgan fingerprint density at radius 3 is 2.65 bits per heavy atom. The molecule has 104 valence electrons. The van der Waals surface area contributed by atoms with Crippen LogP contribution in [0.3, 0.4) is 0 Å². The van der Waals surface area contributed by atoms with Crippen molar-refractivity contribution in [1.29, 1.82) is 0 Å². The number of halogens is 1. The first-order valence-corrected chi connectivity index (χ1v) is 7.78. The Kier molecular flexibility index (Phi) is 3.52. The van der Waals surface area contributed by atoms with Crippen LogP contribution in [0.1, 0.15) is 18.2 Å². The molecule has 3 rings (SSSR count). The second-order valence-electron chi connectivity index (χ2n) is 5.24. The van der Waals surface area contributed by atoms with E-state index in [1.165, 1.54) is 11.3 Å². The van der Waals surface area contributed by atoms with Crippen LogP contribution in [-0.2, 0) is 4.79 Å². The molecule has 1 heterocycles. The summed E-state index contributed by atoms with van der Waals surface area (Å²) >= 11 is 7.41. The number of amides is 1. The van der Waals surface area contributed by atoms with E-state index >= 15 is 0 Å². The minimum absolute atomic E-state index is 0.0916. The first-order valence-electron chi connectivity index (χ1n) is 6.59. The third-order valence-corrected chi connectivity index (χ3v) is 4.73. The van der Waals surface area contributed by atoms with Crippen molar-refractivity contribution in [3.8, 4) is 11.3 Å². The van der Waals surface area contributed by atoms with Crippen molar-refractivity contribution in [3.05, 3.63) is 34.2 Å². The van der Waals surface area contributed by atoms with Gasteiger partial charge in [-0.25, -0.2) is 4.98 Å². The molecule has 0 saturated heterocycles. The Morgan fingerprint density at radius 1 is 1.40 bits per heavy atom. The zero-order chi connectivity index (χ0) is 14.3. The fourth-order valence-electron chi connectivity index (χ4n) is 2.21. The van der Waals surface area contributed by atoms with Crippen LogP contribution in [0.25, 0.3) is 11.3 Å². The summed E-state index contributed by atoms with van der Waals surface area (Å²) < 4.78 is 0. The molecular formula is C15H15ClN2OS. The number of rotatable bonds is 3. The summed E-state index contributed by atoms with van der Waals surface area (Å²) in [7, 11) is 0. The van der Waals surface area contributed by atoms with Gasteiger partial charge in [0.05, 0.1) is 5.69 Å². The van der Waals surface area contributed by atoms with Crippen LogP contribution in [0.15, 0.2) is 24.3 Å². The molecule has 1 aliphatic rings. The van der Waals surface area contributed by atoms with Crippen molar-refractivity contribution in [2.45, 2.75) is 20.3 Å².